The number of ether oxygens (including phenoxy) is 1. The normalized spacial score (nSPS) is 21.1. The molecule has 2 aromatic carbocycles. The van der Waals surface area contributed by atoms with Crippen LogP contribution in [0.15, 0.2) is 36.9 Å². The molecule has 45 heavy (non-hydrogen) atoms. The number of aryl methyl sites for hydroxylation is 1. The summed E-state index contributed by atoms with van der Waals surface area (Å²) >= 11 is 0. The Kier molecular flexibility index (Phi) is 8.12. The van der Waals surface area contributed by atoms with Crippen LogP contribution >= 0.6 is 0 Å². The summed E-state index contributed by atoms with van der Waals surface area (Å²) in [5.41, 5.74) is 2.29. The largest absolute Gasteiger partial charge is 0.416 e. The van der Waals surface area contributed by atoms with Gasteiger partial charge in [0, 0.05) is 42.0 Å². The topological polar surface area (TPSA) is 99.1 Å². The fraction of sp³-hybridized carbons (Fsp3) is 0.515. The van der Waals surface area contributed by atoms with Crippen LogP contribution in [-0.2, 0) is 31.1 Å². The highest BCUT2D eigenvalue weighted by atomic mass is 19.4. The second-order valence-corrected chi connectivity index (χ2v) is 13.0. The summed E-state index contributed by atoms with van der Waals surface area (Å²) in [6, 6.07) is 8.58. The number of benzene rings is 2. The Balaban J connectivity index is 1.46. The maximum atomic E-state index is 14.5. The maximum absolute atomic E-state index is 14.5. The maximum Gasteiger partial charge on any atom is 0.416 e. The molecule has 1 aliphatic heterocycles. The SMILES string of the molecule is CO[C@H]1C[C@@H](c2cc(N[C@@H](C)CC#N)cc(N3Cc4c(cc(CNC5(C)CCC5)cc4C(F)(F)F)C3=O)c2-[n+]2cn(C)cn2)C1. The van der Waals surface area contributed by atoms with Crippen molar-refractivity contribution in [3.63, 3.8) is 0 Å². The fourth-order valence-electron chi connectivity index (χ4n) is 6.68. The summed E-state index contributed by atoms with van der Waals surface area (Å²) in [5.74, 6) is -0.399. The van der Waals surface area contributed by atoms with Gasteiger partial charge in [-0.2, -0.15) is 18.4 Å². The van der Waals surface area contributed by atoms with Crippen molar-refractivity contribution in [2.45, 2.75) is 95.2 Å². The minimum atomic E-state index is -4.63. The first-order valence-electron chi connectivity index (χ1n) is 15.4. The zero-order chi connectivity index (χ0) is 32.1. The Hall–Kier alpha value is -3.95. The van der Waals surface area contributed by atoms with Gasteiger partial charge in [0.25, 0.3) is 12.2 Å². The van der Waals surface area contributed by atoms with Crippen LogP contribution in [0.4, 0.5) is 24.5 Å². The molecule has 0 spiro atoms. The summed E-state index contributed by atoms with van der Waals surface area (Å²) in [6.45, 7) is 3.99. The molecule has 2 aliphatic carbocycles. The predicted molar refractivity (Wildman–Crippen MR) is 162 cm³/mol. The molecule has 12 heteroatoms. The lowest BCUT2D eigenvalue weighted by Gasteiger charge is -2.39. The summed E-state index contributed by atoms with van der Waals surface area (Å²) in [5, 5.41) is 20.6. The number of alkyl halides is 3. The van der Waals surface area contributed by atoms with Gasteiger partial charge in [-0.15, -0.1) is 0 Å². The number of fused-ring (bicyclic) bond motifs is 1. The predicted octanol–water partition coefficient (Wildman–Crippen LogP) is 5.51. The first kappa shape index (κ1) is 31.0. The monoisotopic (exact) mass is 622 g/mol. The molecule has 2 saturated carbocycles. The van der Waals surface area contributed by atoms with Gasteiger partial charge < -0.3 is 15.4 Å². The number of halogens is 3. The van der Waals surface area contributed by atoms with Crippen molar-refractivity contribution in [1.82, 2.24) is 15.0 Å². The van der Waals surface area contributed by atoms with E-state index in [-0.39, 0.29) is 54.2 Å². The lowest BCUT2D eigenvalue weighted by atomic mass is 9.76. The first-order valence-corrected chi connectivity index (χ1v) is 15.4. The van der Waals surface area contributed by atoms with Gasteiger partial charge in [0.1, 0.15) is 0 Å². The zero-order valence-electron chi connectivity index (χ0n) is 26.0. The Morgan fingerprint density at radius 2 is 2.00 bits per heavy atom. The summed E-state index contributed by atoms with van der Waals surface area (Å²) < 4.78 is 52.6. The van der Waals surface area contributed by atoms with E-state index >= 15 is 0 Å². The highest BCUT2D eigenvalue weighted by molar-refractivity contribution is 6.11. The Morgan fingerprint density at radius 3 is 2.60 bits per heavy atom. The molecule has 238 valence electrons. The standard InChI is InChI=1S/C33H39F3N7O2/c1-20(6-9-37)40-23-14-25(22-12-24(13-22)45-4)30(43-19-41(3)18-39-43)29(15-23)42-17-27-26(31(42)44)10-21(11-28(27)33(34,35)36)16-38-32(2)7-5-8-32/h10-11,14-15,18-20,22,24,38,40H,5-8,12-13,16-17H2,1-4H3/q+1/t20-,22-,24+/m0/s1. The summed E-state index contributed by atoms with van der Waals surface area (Å²) in [6.07, 6.45) is 3.68. The van der Waals surface area contributed by atoms with E-state index < -0.39 is 17.6 Å². The van der Waals surface area contributed by atoms with E-state index in [1.54, 1.807) is 41.1 Å². The molecule has 2 heterocycles. The minimum Gasteiger partial charge on any atom is -0.381 e. The molecular formula is C33H39F3N7O2+. The number of methoxy groups -OCH3 is 1. The van der Waals surface area contributed by atoms with Crippen LogP contribution in [0, 0.1) is 11.3 Å². The second kappa shape index (κ2) is 11.8. The van der Waals surface area contributed by atoms with E-state index in [1.807, 2.05) is 20.0 Å². The van der Waals surface area contributed by atoms with E-state index in [0.717, 1.165) is 37.7 Å². The Bertz CT molecular complexity index is 1650. The number of carbonyl (C=O) groups excluding carboxylic acids is 1. The lowest BCUT2D eigenvalue weighted by Crippen LogP contribution is -2.47. The van der Waals surface area contributed by atoms with Crippen LogP contribution in [0.25, 0.3) is 5.69 Å². The van der Waals surface area contributed by atoms with Crippen molar-refractivity contribution in [3.8, 4) is 11.8 Å². The summed E-state index contributed by atoms with van der Waals surface area (Å²) in [4.78, 5) is 15.6. The Labute approximate surface area is 261 Å². The van der Waals surface area contributed by atoms with Gasteiger partial charge in [-0.05, 0) is 92.4 Å². The van der Waals surface area contributed by atoms with Crippen molar-refractivity contribution < 1.29 is 27.4 Å². The molecule has 3 aromatic rings. The van der Waals surface area contributed by atoms with Crippen LogP contribution in [0.5, 0.6) is 0 Å². The first-order chi connectivity index (χ1) is 21.4. The molecule has 1 aromatic heterocycles. The molecule has 0 radical (unpaired) electrons. The molecule has 0 unspecified atom stereocenters. The number of hydrogen-bond acceptors (Lipinski definition) is 6. The number of anilines is 2. The van der Waals surface area contributed by atoms with Crippen LogP contribution in [0.3, 0.4) is 0 Å². The number of hydrogen-bond donors (Lipinski definition) is 2. The van der Waals surface area contributed by atoms with Gasteiger partial charge in [0.05, 0.1) is 43.4 Å². The van der Waals surface area contributed by atoms with Crippen LogP contribution in [-0.4, -0.2) is 40.4 Å². The third-order valence-corrected chi connectivity index (χ3v) is 9.55. The van der Waals surface area contributed by atoms with Crippen LogP contribution < -0.4 is 20.2 Å². The molecule has 6 rings (SSSR count). The molecule has 1 amide bonds. The van der Waals surface area contributed by atoms with Gasteiger partial charge in [0.2, 0.25) is 6.33 Å². The highest BCUT2D eigenvalue weighted by Crippen LogP contribution is 2.46. The molecule has 0 saturated heterocycles. The van der Waals surface area contributed by atoms with Crippen LogP contribution in [0.2, 0.25) is 0 Å². The molecule has 2 N–H and O–H groups in total. The Morgan fingerprint density at radius 1 is 1.24 bits per heavy atom. The molecule has 3 aliphatic rings. The third-order valence-electron chi connectivity index (χ3n) is 9.55. The number of carbonyl (C=O) groups is 1. The molecule has 1 atom stereocenters. The van der Waals surface area contributed by atoms with E-state index in [2.05, 4.69) is 28.7 Å². The third kappa shape index (κ3) is 6.03. The van der Waals surface area contributed by atoms with Gasteiger partial charge in [0.15, 0.2) is 5.69 Å². The number of rotatable bonds is 10. The number of nitriles is 1. The van der Waals surface area contributed by atoms with E-state index in [1.165, 1.54) is 11.0 Å². The average molecular weight is 623 g/mol. The van der Waals surface area contributed by atoms with Crippen molar-refractivity contribution in [2.75, 3.05) is 17.3 Å². The van der Waals surface area contributed by atoms with Gasteiger partial charge in [-0.1, -0.05) is 4.68 Å². The number of nitrogens with one attached hydrogen (secondary N) is 2. The van der Waals surface area contributed by atoms with Gasteiger partial charge >= 0.3 is 6.18 Å². The highest BCUT2D eigenvalue weighted by Gasteiger charge is 2.43. The van der Waals surface area contributed by atoms with Crippen molar-refractivity contribution in [3.05, 3.63) is 64.7 Å². The molecule has 2 fully saturated rings. The van der Waals surface area contributed by atoms with E-state index in [4.69, 9.17) is 4.74 Å². The van der Waals surface area contributed by atoms with Gasteiger partial charge in [-0.25, -0.2) is 4.57 Å². The number of amides is 1. The number of nitrogens with zero attached hydrogens (tertiary/aromatic N) is 5. The molecule has 9 nitrogen and oxygen atoms in total. The fourth-order valence-corrected chi connectivity index (χ4v) is 6.68. The second-order valence-electron chi connectivity index (χ2n) is 13.0. The number of aromatic nitrogens is 3. The smallest absolute Gasteiger partial charge is 0.381 e. The van der Waals surface area contributed by atoms with Crippen molar-refractivity contribution >= 4 is 17.3 Å². The van der Waals surface area contributed by atoms with Crippen molar-refractivity contribution in [1.29, 1.82) is 5.26 Å². The van der Waals surface area contributed by atoms with E-state index in [0.29, 0.717) is 22.6 Å². The minimum absolute atomic E-state index is 0.0241. The van der Waals surface area contributed by atoms with Gasteiger partial charge in [-0.3, -0.25) is 9.69 Å². The van der Waals surface area contributed by atoms with E-state index in [9.17, 15) is 23.2 Å². The van der Waals surface area contributed by atoms with Crippen molar-refractivity contribution in [2.24, 2.45) is 7.05 Å². The lowest BCUT2D eigenvalue weighted by molar-refractivity contribution is -0.657. The quantitative estimate of drug-likeness (QED) is 0.289. The average Bonchev–Trinajstić information content (AvgIpc) is 3.52. The molecular weight excluding hydrogens is 583 g/mol. The molecule has 0 bridgehead atoms. The summed E-state index contributed by atoms with van der Waals surface area (Å²) in [7, 11) is 3.51. The zero-order valence-corrected chi connectivity index (χ0v) is 26.0. The van der Waals surface area contributed by atoms with Crippen LogP contribution in [0.1, 0.15) is 90.9 Å².